The fourth-order valence-corrected chi connectivity index (χ4v) is 3.00. The minimum Gasteiger partial charge on any atom is -0.381 e. The molecule has 3 heteroatoms. The lowest BCUT2D eigenvalue weighted by Crippen LogP contribution is -2.35. The van der Waals surface area contributed by atoms with E-state index in [0.29, 0.717) is 0 Å². The molecule has 1 aromatic carbocycles. The van der Waals surface area contributed by atoms with Crippen LogP contribution in [0.25, 0.3) is 0 Å². The summed E-state index contributed by atoms with van der Waals surface area (Å²) in [6.07, 6.45) is 3.47. The zero-order valence-electron chi connectivity index (χ0n) is 9.22. The van der Waals surface area contributed by atoms with Crippen molar-refractivity contribution in [3.05, 3.63) is 34.9 Å². The van der Waals surface area contributed by atoms with Gasteiger partial charge in [-0.2, -0.15) is 0 Å². The lowest BCUT2D eigenvalue weighted by molar-refractivity contribution is 0.00615. The zero-order valence-corrected chi connectivity index (χ0v) is 11.6. The molecule has 1 aliphatic rings. The van der Waals surface area contributed by atoms with E-state index < -0.39 is 0 Å². The van der Waals surface area contributed by atoms with Gasteiger partial charge in [-0.25, -0.2) is 0 Å². The minimum atomic E-state index is 0.270. The average Bonchev–Trinajstić information content (AvgIpc) is 2.33. The number of hydrogen-bond acceptors (Lipinski definition) is 1. The summed E-state index contributed by atoms with van der Waals surface area (Å²) in [7, 11) is 0. The monoisotopic (exact) mass is 302 g/mol. The standard InChI is InChI=1S/C13H16BrClO/c14-9-13(6-1-7-16-10-13)8-11-2-4-12(15)5-3-11/h2-5H,1,6-10H2. The molecule has 88 valence electrons. The first-order valence-electron chi connectivity index (χ1n) is 5.62. The molecule has 0 radical (unpaired) electrons. The SMILES string of the molecule is Clc1ccc(CC2(CBr)CCCOC2)cc1. The first kappa shape index (κ1) is 12.4. The molecule has 2 rings (SSSR count). The van der Waals surface area contributed by atoms with Crippen molar-refractivity contribution in [1.82, 2.24) is 0 Å². The van der Waals surface area contributed by atoms with Crippen molar-refractivity contribution in [3.8, 4) is 0 Å². The molecule has 0 aromatic heterocycles. The Hall–Kier alpha value is -0.0500. The zero-order chi connectivity index (χ0) is 11.4. The predicted molar refractivity (Wildman–Crippen MR) is 71.4 cm³/mol. The van der Waals surface area contributed by atoms with Crippen LogP contribution in [0.15, 0.2) is 24.3 Å². The van der Waals surface area contributed by atoms with Crippen LogP contribution in [0.4, 0.5) is 0 Å². The molecule has 0 spiro atoms. The van der Waals surface area contributed by atoms with E-state index in [1.807, 2.05) is 12.1 Å². The number of alkyl halides is 1. The predicted octanol–water partition coefficient (Wildman–Crippen LogP) is 4.07. The van der Waals surface area contributed by atoms with Gasteiger partial charge >= 0.3 is 0 Å². The van der Waals surface area contributed by atoms with Crippen LogP contribution in [0.2, 0.25) is 5.02 Å². The number of benzene rings is 1. The summed E-state index contributed by atoms with van der Waals surface area (Å²) in [6.45, 7) is 1.77. The van der Waals surface area contributed by atoms with Gasteiger partial charge in [0.2, 0.25) is 0 Å². The second-order valence-electron chi connectivity index (χ2n) is 4.59. The topological polar surface area (TPSA) is 9.23 Å². The summed E-state index contributed by atoms with van der Waals surface area (Å²) in [5.74, 6) is 0. The third-order valence-electron chi connectivity index (χ3n) is 3.18. The van der Waals surface area contributed by atoms with E-state index in [2.05, 4.69) is 28.1 Å². The average molecular weight is 304 g/mol. The maximum absolute atomic E-state index is 5.89. The molecular weight excluding hydrogens is 287 g/mol. The highest BCUT2D eigenvalue weighted by Gasteiger charge is 2.31. The van der Waals surface area contributed by atoms with E-state index in [0.717, 1.165) is 30.0 Å². The van der Waals surface area contributed by atoms with Crippen molar-refractivity contribution in [2.45, 2.75) is 19.3 Å². The second-order valence-corrected chi connectivity index (χ2v) is 5.59. The van der Waals surface area contributed by atoms with Gasteiger partial charge in [-0.1, -0.05) is 39.7 Å². The van der Waals surface area contributed by atoms with Crippen LogP contribution in [0.1, 0.15) is 18.4 Å². The Balaban J connectivity index is 2.08. The summed E-state index contributed by atoms with van der Waals surface area (Å²) in [4.78, 5) is 0. The van der Waals surface area contributed by atoms with Crippen LogP contribution < -0.4 is 0 Å². The van der Waals surface area contributed by atoms with E-state index in [4.69, 9.17) is 16.3 Å². The molecule has 1 saturated heterocycles. The highest BCUT2D eigenvalue weighted by atomic mass is 79.9. The molecule has 1 fully saturated rings. The maximum Gasteiger partial charge on any atom is 0.0533 e. The molecular formula is C13H16BrClO. The van der Waals surface area contributed by atoms with Crippen molar-refractivity contribution in [2.75, 3.05) is 18.5 Å². The highest BCUT2D eigenvalue weighted by molar-refractivity contribution is 9.09. The molecule has 1 unspecified atom stereocenters. The van der Waals surface area contributed by atoms with Crippen LogP contribution in [-0.2, 0) is 11.2 Å². The van der Waals surface area contributed by atoms with Gasteiger partial charge in [0.15, 0.2) is 0 Å². The van der Waals surface area contributed by atoms with Gasteiger partial charge in [0.1, 0.15) is 0 Å². The Labute approximate surface area is 110 Å². The van der Waals surface area contributed by atoms with E-state index in [1.54, 1.807) is 0 Å². The first-order valence-corrected chi connectivity index (χ1v) is 7.12. The van der Waals surface area contributed by atoms with E-state index in [9.17, 15) is 0 Å². The van der Waals surface area contributed by atoms with Gasteiger partial charge in [0.25, 0.3) is 0 Å². The lowest BCUT2D eigenvalue weighted by Gasteiger charge is -2.35. The van der Waals surface area contributed by atoms with Gasteiger partial charge in [0.05, 0.1) is 6.61 Å². The van der Waals surface area contributed by atoms with E-state index in [-0.39, 0.29) is 5.41 Å². The Morgan fingerprint density at radius 1 is 1.31 bits per heavy atom. The lowest BCUT2D eigenvalue weighted by atomic mass is 9.79. The molecule has 1 atom stereocenters. The number of halogens is 2. The quantitative estimate of drug-likeness (QED) is 0.765. The van der Waals surface area contributed by atoms with Crippen molar-refractivity contribution in [3.63, 3.8) is 0 Å². The second kappa shape index (κ2) is 5.52. The molecule has 1 aromatic rings. The summed E-state index contributed by atoms with van der Waals surface area (Å²) in [5.41, 5.74) is 1.61. The van der Waals surface area contributed by atoms with Crippen LogP contribution in [0.5, 0.6) is 0 Å². The van der Waals surface area contributed by atoms with Crippen LogP contribution >= 0.6 is 27.5 Å². The molecule has 0 aliphatic carbocycles. The summed E-state index contributed by atoms with van der Waals surface area (Å²) in [6, 6.07) is 8.15. The molecule has 16 heavy (non-hydrogen) atoms. The van der Waals surface area contributed by atoms with Gasteiger partial charge < -0.3 is 4.74 Å². The van der Waals surface area contributed by atoms with Crippen LogP contribution in [0.3, 0.4) is 0 Å². The highest BCUT2D eigenvalue weighted by Crippen LogP contribution is 2.34. The Morgan fingerprint density at radius 3 is 2.62 bits per heavy atom. The largest absolute Gasteiger partial charge is 0.381 e. The molecule has 1 nitrogen and oxygen atoms in total. The fourth-order valence-electron chi connectivity index (χ4n) is 2.24. The normalized spacial score (nSPS) is 25.6. The van der Waals surface area contributed by atoms with Gasteiger partial charge in [0, 0.05) is 22.4 Å². The molecule has 0 bridgehead atoms. The molecule has 0 amide bonds. The molecule has 1 aliphatic heterocycles. The van der Waals surface area contributed by atoms with Crippen LogP contribution in [0, 0.1) is 5.41 Å². The smallest absolute Gasteiger partial charge is 0.0533 e. The van der Waals surface area contributed by atoms with Crippen molar-refractivity contribution < 1.29 is 4.74 Å². The van der Waals surface area contributed by atoms with Crippen molar-refractivity contribution >= 4 is 27.5 Å². The summed E-state index contributed by atoms with van der Waals surface area (Å²) in [5, 5.41) is 1.80. The number of hydrogen-bond donors (Lipinski definition) is 0. The maximum atomic E-state index is 5.89. The van der Waals surface area contributed by atoms with E-state index >= 15 is 0 Å². The minimum absolute atomic E-state index is 0.270. The summed E-state index contributed by atoms with van der Waals surface area (Å²) < 4.78 is 5.62. The molecule has 0 N–H and O–H groups in total. The van der Waals surface area contributed by atoms with Crippen molar-refractivity contribution in [2.24, 2.45) is 5.41 Å². The van der Waals surface area contributed by atoms with Gasteiger partial charge in [-0.05, 0) is 37.0 Å². The molecule has 0 saturated carbocycles. The third-order valence-corrected chi connectivity index (χ3v) is 4.62. The fraction of sp³-hybridized carbons (Fsp3) is 0.538. The number of ether oxygens (including phenoxy) is 1. The van der Waals surface area contributed by atoms with Gasteiger partial charge in [-0.3, -0.25) is 0 Å². The van der Waals surface area contributed by atoms with E-state index in [1.165, 1.54) is 18.4 Å². The Morgan fingerprint density at radius 2 is 2.06 bits per heavy atom. The Bertz CT molecular complexity index is 330. The first-order chi connectivity index (χ1) is 7.74. The number of rotatable bonds is 3. The van der Waals surface area contributed by atoms with Crippen LogP contribution in [-0.4, -0.2) is 18.5 Å². The summed E-state index contributed by atoms with van der Waals surface area (Å²) >= 11 is 9.52. The molecule has 1 heterocycles. The van der Waals surface area contributed by atoms with Gasteiger partial charge in [-0.15, -0.1) is 0 Å². The van der Waals surface area contributed by atoms with Crippen molar-refractivity contribution in [1.29, 1.82) is 0 Å². The third kappa shape index (κ3) is 2.99. The Kier molecular flexibility index (Phi) is 4.28.